The zero-order chi connectivity index (χ0) is 18.4. The molecule has 154 valence electrons. The van der Waals surface area contributed by atoms with Crippen LogP contribution in [0.3, 0.4) is 0 Å². The summed E-state index contributed by atoms with van der Waals surface area (Å²) in [6, 6.07) is 11.3. The summed E-state index contributed by atoms with van der Waals surface area (Å²) in [5.74, 6) is 1.90. The van der Waals surface area contributed by atoms with Gasteiger partial charge in [-0.1, -0.05) is 18.2 Å². The van der Waals surface area contributed by atoms with E-state index in [0.29, 0.717) is 30.5 Å². The van der Waals surface area contributed by atoms with E-state index in [-0.39, 0.29) is 42.7 Å². The Balaban J connectivity index is 0.00000196. The van der Waals surface area contributed by atoms with Crippen molar-refractivity contribution in [3.63, 3.8) is 0 Å². The molecule has 1 aromatic carbocycles. The fourth-order valence-electron chi connectivity index (χ4n) is 3.09. The summed E-state index contributed by atoms with van der Waals surface area (Å²) in [5, 5.41) is 2.96. The number of rotatable bonds is 7. The Hall–Kier alpha value is -2.02. The third-order valence-electron chi connectivity index (χ3n) is 4.47. The van der Waals surface area contributed by atoms with Gasteiger partial charge < -0.3 is 20.5 Å². The maximum atomic E-state index is 12.1. The van der Waals surface area contributed by atoms with Gasteiger partial charge in [-0.05, 0) is 43.9 Å². The topological polar surface area (TPSA) is 86.5 Å². The lowest BCUT2D eigenvalue weighted by Gasteiger charge is -2.12. The number of pyridine rings is 1. The van der Waals surface area contributed by atoms with Crippen molar-refractivity contribution in [1.82, 2.24) is 10.3 Å². The molecule has 3 N–H and O–H groups in total. The minimum absolute atomic E-state index is 0. The van der Waals surface area contributed by atoms with Gasteiger partial charge in [0.15, 0.2) is 11.5 Å². The molecule has 0 spiro atoms. The lowest BCUT2D eigenvalue weighted by atomic mass is 10.1. The number of carbonyl (C=O) groups excluding carboxylic acids is 1. The number of hydrogen-bond acceptors (Lipinski definition) is 5. The molecule has 3 rings (SSSR count). The average molecular weight is 428 g/mol. The van der Waals surface area contributed by atoms with Crippen molar-refractivity contribution >= 4 is 30.7 Å². The molecular formula is C20H27Cl2N3O3. The Morgan fingerprint density at radius 1 is 1.18 bits per heavy atom. The summed E-state index contributed by atoms with van der Waals surface area (Å²) in [4.78, 5) is 16.5. The van der Waals surface area contributed by atoms with Crippen molar-refractivity contribution in [3.05, 3.63) is 48.2 Å². The molecule has 1 aliphatic carbocycles. The number of aromatic nitrogens is 1. The Labute approximate surface area is 178 Å². The first-order valence-electron chi connectivity index (χ1n) is 9.03. The minimum atomic E-state index is 0. The van der Waals surface area contributed by atoms with Gasteiger partial charge >= 0.3 is 0 Å². The van der Waals surface area contributed by atoms with Crippen LogP contribution in [0.2, 0.25) is 0 Å². The highest BCUT2D eigenvalue weighted by Gasteiger charge is 2.27. The first-order valence-corrected chi connectivity index (χ1v) is 9.03. The molecular weight excluding hydrogens is 401 g/mol. The Bertz CT molecular complexity index is 744. The molecule has 28 heavy (non-hydrogen) atoms. The van der Waals surface area contributed by atoms with Crippen LogP contribution in [0.5, 0.6) is 17.4 Å². The van der Waals surface area contributed by atoms with Crippen LogP contribution >= 0.6 is 24.8 Å². The van der Waals surface area contributed by atoms with Crippen molar-refractivity contribution in [1.29, 1.82) is 0 Å². The molecule has 6 nitrogen and oxygen atoms in total. The first kappa shape index (κ1) is 24.0. The molecule has 2 aromatic rings. The average Bonchev–Trinajstić information content (AvgIpc) is 3.09. The third kappa shape index (κ3) is 6.55. The van der Waals surface area contributed by atoms with E-state index in [1.54, 1.807) is 12.3 Å². The summed E-state index contributed by atoms with van der Waals surface area (Å²) >= 11 is 0. The van der Waals surface area contributed by atoms with Crippen molar-refractivity contribution in [3.8, 4) is 17.4 Å². The molecule has 0 radical (unpaired) electrons. The van der Waals surface area contributed by atoms with Crippen molar-refractivity contribution in [2.75, 3.05) is 6.61 Å². The molecule has 1 amide bonds. The van der Waals surface area contributed by atoms with E-state index >= 15 is 0 Å². The maximum absolute atomic E-state index is 12.1. The second kappa shape index (κ2) is 11.7. The van der Waals surface area contributed by atoms with Gasteiger partial charge in [0.2, 0.25) is 11.8 Å². The lowest BCUT2D eigenvalue weighted by molar-refractivity contribution is -0.125. The quantitative estimate of drug-likeness (QED) is 0.700. The maximum Gasteiger partial charge on any atom is 0.223 e. The molecule has 8 heteroatoms. The van der Waals surface area contributed by atoms with Gasteiger partial charge in [-0.2, -0.15) is 0 Å². The highest BCUT2D eigenvalue weighted by atomic mass is 35.5. The number of nitrogens with two attached hydrogens (primary N) is 1. The number of para-hydroxylation sites is 2. The summed E-state index contributed by atoms with van der Waals surface area (Å²) in [7, 11) is 0. The van der Waals surface area contributed by atoms with Crippen LogP contribution < -0.4 is 20.5 Å². The summed E-state index contributed by atoms with van der Waals surface area (Å²) in [6.45, 7) is 2.95. The van der Waals surface area contributed by atoms with Crippen molar-refractivity contribution in [2.24, 2.45) is 11.7 Å². The number of halogens is 2. The van der Waals surface area contributed by atoms with Gasteiger partial charge in [-0.3, -0.25) is 4.79 Å². The number of benzene rings is 1. The number of nitrogens with one attached hydrogen (secondary N) is 1. The largest absolute Gasteiger partial charge is 0.490 e. The van der Waals surface area contributed by atoms with E-state index in [2.05, 4.69) is 10.3 Å². The summed E-state index contributed by atoms with van der Waals surface area (Å²) in [6.07, 6.45) is 4.28. The number of hydrogen-bond donors (Lipinski definition) is 2. The van der Waals surface area contributed by atoms with Crippen LogP contribution in [0.1, 0.15) is 31.7 Å². The van der Waals surface area contributed by atoms with Gasteiger partial charge in [0.25, 0.3) is 0 Å². The fraction of sp³-hybridized carbons (Fsp3) is 0.400. The van der Waals surface area contributed by atoms with Crippen LogP contribution in [0, 0.1) is 5.92 Å². The summed E-state index contributed by atoms with van der Waals surface area (Å²) in [5.41, 5.74) is 6.79. The lowest BCUT2D eigenvalue weighted by Crippen LogP contribution is -2.30. The molecule has 0 bridgehead atoms. The highest BCUT2D eigenvalue weighted by Crippen LogP contribution is 2.30. The first-order chi connectivity index (χ1) is 12.7. The van der Waals surface area contributed by atoms with Crippen LogP contribution in [0.25, 0.3) is 0 Å². The van der Waals surface area contributed by atoms with Gasteiger partial charge in [-0.25, -0.2) is 4.98 Å². The van der Waals surface area contributed by atoms with Crippen molar-refractivity contribution < 1.29 is 14.3 Å². The second-order valence-corrected chi connectivity index (χ2v) is 6.47. The highest BCUT2D eigenvalue weighted by molar-refractivity contribution is 5.85. The monoisotopic (exact) mass is 427 g/mol. The van der Waals surface area contributed by atoms with E-state index in [0.717, 1.165) is 24.8 Å². The molecule has 1 aliphatic rings. The van der Waals surface area contributed by atoms with E-state index < -0.39 is 0 Å². The second-order valence-electron chi connectivity index (χ2n) is 6.47. The molecule has 1 fully saturated rings. The van der Waals surface area contributed by atoms with Gasteiger partial charge in [0, 0.05) is 30.8 Å². The number of carbonyl (C=O) groups is 1. The number of nitrogens with zero attached hydrogens (tertiary/aromatic N) is 1. The standard InChI is InChI=1S/C20H25N3O3.2ClH/c1-2-25-17-5-3-4-6-18(17)26-19-10-7-14(12-22-19)13-23-20(24)15-8-9-16(21)11-15;;/h3-7,10,12,15-16H,2,8-9,11,13,21H2,1H3,(H,23,24);2*1H. The Morgan fingerprint density at radius 2 is 1.93 bits per heavy atom. The predicted molar refractivity (Wildman–Crippen MR) is 114 cm³/mol. The molecule has 1 heterocycles. The molecule has 2 atom stereocenters. The third-order valence-corrected chi connectivity index (χ3v) is 4.47. The minimum Gasteiger partial charge on any atom is -0.490 e. The Kier molecular flexibility index (Phi) is 10.1. The van der Waals surface area contributed by atoms with E-state index in [1.807, 2.05) is 37.3 Å². The summed E-state index contributed by atoms with van der Waals surface area (Å²) < 4.78 is 11.3. The fourth-order valence-corrected chi connectivity index (χ4v) is 3.09. The molecule has 2 unspecified atom stereocenters. The molecule has 0 saturated heterocycles. The van der Waals surface area contributed by atoms with Crippen molar-refractivity contribution in [2.45, 2.75) is 38.8 Å². The van der Waals surface area contributed by atoms with Crippen LogP contribution in [-0.2, 0) is 11.3 Å². The Morgan fingerprint density at radius 3 is 2.54 bits per heavy atom. The molecule has 1 saturated carbocycles. The van der Waals surface area contributed by atoms with E-state index in [4.69, 9.17) is 15.2 Å². The normalized spacial score (nSPS) is 17.8. The van der Waals surface area contributed by atoms with Gasteiger partial charge in [0.05, 0.1) is 6.61 Å². The molecule has 1 aromatic heterocycles. The van der Waals surface area contributed by atoms with Gasteiger partial charge in [0.1, 0.15) is 0 Å². The number of ether oxygens (including phenoxy) is 2. The SMILES string of the molecule is CCOc1ccccc1Oc1ccc(CNC(=O)C2CCC(N)C2)cn1.Cl.Cl. The number of amides is 1. The van der Waals surface area contributed by atoms with Gasteiger partial charge in [-0.15, -0.1) is 24.8 Å². The molecule has 0 aliphatic heterocycles. The zero-order valence-electron chi connectivity index (χ0n) is 15.8. The van der Waals surface area contributed by atoms with Crippen LogP contribution in [0.15, 0.2) is 42.6 Å². The van der Waals surface area contributed by atoms with Crippen LogP contribution in [0.4, 0.5) is 0 Å². The predicted octanol–water partition coefficient (Wildman–Crippen LogP) is 3.86. The smallest absolute Gasteiger partial charge is 0.223 e. The van der Waals surface area contributed by atoms with E-state index in [1.165, 1.54) is 0 Å². The van der Waals surface area contributed by atoms with Crippen LogP contribution in [-0.4, -0.2) is 23.5 Å². The zero-order valence-corrected chi connectivity index (χ0v) is 17.4. The van der Waals surface area contributed by atoms with E-state index in [9.17, 15) is 4.79 Å².